The van der Waals surface area contributed by atoms with E-state index in [2.05, 4.69) is 46.4 Å². The summed E-state index contributed by atoms with van der Waals surface area (Å²) in [6.07, 6.45) is 2.78. The molecule has 1 N–H and O–H groups in total. The van der Waals surface area contributed by atoms with Crippen molar-refractivity contribution in [3.05, 3.63) is 41.5 Å². The Bertz CT molecular complexity index is 411. The first-order chi connectivity index (χ1) is 9.75. The number of phenolic OH excluding ortho intramolecular Hbond substituents is 1. The highest BCUT2D eigenvalue weighted by molar-refractivity contribution is 5.45. The Morgan fingerprint density at radius 3 is 2.00 bits per heavy atom. The molecular formula is C20H36O. The molecule has 0 saturated heterocycles. The molecular weight excluding hydrogens is 256 g/mol. The third-order valence-electron chi connectivity index (χ3n) is 3.19. The van der Waals surface area contributed by atoms with E-state index in [0.717, 1.165) is 17.5 Å². The number of hydrogen-bond donors (Lipinski definition) is 1. The molecule has 0 aliphatic heterocycles. The van der Waals surface area contributed by atoms with Crippen molar-refractivity contribution in [1.82, 2.24) is 0 Å². The molecule has 21 heavy (non-hydrogen) atoms. The van der Waals surface area contributed by atoms with Gasteiger partial charge in [0.25, 0.3) is 0 Å². The van der Waals surface area contributed by atoms with Crippen molar-refractivity contribution >= 4 is 0 Å². The summed E-state index contributed by atoms with van der Waals surface area (Å²) < 4.78 is 0. The topological polar surface area (TPSA) is 20.2 Å². The molecule has 1 unspecified atom stereocenters. The van der Waals surface area contributed by atoms with Crippen LogP contribution in [0.3, 0.4) is 0 Å². The Labute approximate surface area is 133 Å². The fourth-order valence-electron chi connectivity index (χ4n) is 1.87. The lowest BCUT2D eigenvalue weighted by molar-refractivity contribution is 0.459. The SMILES string of the molecule is C=CC(C)Cc1cc(C(C)(C)C)cc(C)c1O.CC.CC. The lowest BCUT2D eigenvalue weighted by atomic mass is 9.83. The predicted octanol–water partition coefficient (Wildman–Crippen LogP) is 6.42. The van der Waals surface area contributed by atoms with Crippen LogP contribution in [0.4, 0.5) is 0 Å². The minimum absolute atomic E-state index is 0.116. The third kappa shape index (κ3) is 7.36. The number of allylic oxidation sites excluding steroid dienone is 1. The lowest BCUT2D eigenvalue weighted by Gasteiger charge is -2.22. The van der Waals surface area contributed by atoms with Gasteiger partial charge in [-0.1, -0.05) is 73.6 Å². The van der Waals surface area contributed by atoms with Crippen molar-refractivity contribution in [2.75, 3.05) is 0 Å². The van der Waals surface area contributed by atoms with Crippen molar-refractivity contribution in [1.29, 1.82) is 0 Å². The molecule has 0 fully saturated rings. The van der Waals surface area contributed by atoms with E-state index < -0.39 is 0 Å². The van der Waals surface area contributed by atoms with Crippen molar-refractivity contribution in [2.24, 2.45) is 5.92 Å². The zero-order valence-electron chi connectivity index (χ0n) is 15.7. The van der Waals surface area contributed by atoms with Crippen LogP contribution in [-0.4, -0.2) is 5.11 Å². The van der Waals surface area contributed by atoms with Gasteiger partial charge in [0.15, 0.2) is 0 Å². The molecule has 0 bridgehead atoms. The molecule has 0 heterocycles. The highest BCUT2D eigenvalue weighted by Gasteiger charge is 2.17. The smallest absolute Gasteiger partial charge is 0.121 e. The lowest BCUT2D eigenvalue weighted by Crippen LogP contribution is -2.12. The fourth-order valence-corrected chi connectivity index (χ4v) is 1.87. The highest BCUT2D eigenvalue weighted by Crippen LogP contribution is 2.31. The Hall–Kier alpha value is -1.24. The van der Waals surface area contributed by atoms with Crippen molar-refractivity contribution in [2.45, 2.75) is 74.1 Å². The Kier molecular flexibility index (Phi) is 11.0. The number of aromatic hydroxyl groups is 1. The quantitative estimate of drug-likeness (QED) is 0.638. The van der Waals surface area contributed by atoms with Gasteiger partial charge in [0, 0.05) is 0 Å². The summed E-state index contributed by atoms with van der Waals surface area (Å²) in [4.78, 5) is 0. The van der Waals surface area contributed by atoms with E-state index in [0.29, 0.717) is 11.7 Å². The zero-order chi connectivity index (χ0) is 17.2. The van der Waals surface area contributed by atoms with E-state index in [1.54, 1.807) is 0 Å². The molecule has 0 aliphatic rings. The van der Waals surface area contributed by atoms with Crippen LogP contribution in [0, 0.1) is 12.8 Å². The van der Waals surface area contributed by atoms with Crippen molar-refractivity contribution in [3.8, 4) is 5.75 Å². The fraction of sp³-hybridized carbons (Fsp3) is 0.600. The Morgan fingerprint density at radius 2 is 1.62 bits per heavy atom. The molecule has 0 radical (unpaired) electrons. The first kappa shape index (κ1) is 22.0. The molecule has 0 aromatic heterocycles. The molecule has 1 nitrogen and oxygen atoms in total. The van der Waals surface area contributed by atoms with Crippen LogP contribution in [0.5, 0.6) is 5.75 Å². The molecule has 1 aromatic carbocycles. The largest absolute Gasteiger partial charge is 0.507 e. The number of rotatable bonds is 3. The van der Waals surface area contributed by atoms with Gasteiger partial charge in [-0.25, -0.2) is 0 Å². The van der Waals surface area contributed by atoms with Crippen LogP contribution in [0.25, 0.3) is 0 Å². The number of phenols is 1. The molecule has 122 valence electrons. The van der Waals surface area contributed by atoms with Crippen LogP contribution in [0.15, 0.2) is 24.8 Å². The Morgan fingerprint density at radius 1 is 1.14 bits per heavy atom. The Balaban J connectivity index is 0. The molecule has 1 aromatic rings. The second-order valence-corrected chi connectivity index (χ2v) is 5.97. The summed E-state index contributed by atoms with van der Waals surface area (Å²) >= 11 is 0. The van der Waals surface area contributed by atoms with Crippen LogP contribution in [0.2, 0.25) is 0 Å². The molecule has 1 atom stereocenters. The molecule has 0 amide bonds. The van der Waals surface area contributed by atoms with Crippen LogP contribution in [-0.2, 0) is 11.8 Å². The third-order valence-corrected chi connectivity index (χ3v) is 3.19. The number of aryl methyl sites for hydroxylation is 1. The van der Waals surface area contributed by atoms with E-state index >= 15 is 0 Å². The van der Waals surface area contributed by atoms with E-state index in [-0.39, 0.29) is 5.41 Å². The van der Waals surface area contributed by atoms with Gasteiger partial charge in [-0.05, 0) is 41.4 Å². The zero-order valence-corrected chi connectivity index (χ0v) is 15.7. The average Bonchev–Trinajstić information content (AvgIpc) is 2.46. The standard InChI is InChI=1S/C16H24O.2C2H6/c1-7-11(2)8-13-10-14(16(4,5)6)9-12(3)15(13)17;2*1-2/h7,9-11,17H,1,8H2,2-6H3;2*1-2H3. The molecule has 0 spiro atoms. The van der Waals surface area contributed by atoms with Crippen molar-refractivity contribution in [3.63, 3.8) is 0 Å². The summed E-state index contributed by atoms with van der Waals surface area (Å²) in [6, 6.07) is 4.21. The maximum absolute atomic E-state index is 10.1. The average molecular weight is 293 g/mol. The maximum Gasteiger partial charge on any atom is 0.121 e. The summed E-state index contributed by atoms with van der Waals surface area (Å²) in [5.41, 5.74) is 3.38. The minimum Gasteiger partial charge on any atom is -0.507 e. The van der Waals surface area contributed by atoms with Gasteiger partial charge in [0.1, 0.15) is 5.75 Å². The number of hydrogen-bond acceptors (Lipinski definition) is 1. The molecule has 1 rings (SSSR count). The van der Waals surface area contributed by atoms with Crippen LogP contribution >= 0.6 is 0 Å². The molecule has 0 aliphatic carbocycles. The normalized spacial score (nSPS) is 11.5. The second-order valence-electron chi connectivity index (χ2n) is 5.97. The van der Waals surface area contributed by atoms with E-state index in [1.165, 1.54) is 5.56 Å². The summed E-state index contributed by atoms with van der Waals surface area (Å²) in [6.45, 7) is 22.5. The van der Waals surface area contributed by atoms with E-state index in [9.17, 15) is 5.11 Å². The first-order valence-corrected chi connectivity index (χ1v) is 8.21. The van der Waals surface area contributed by atoms with Crippen LogP contribution < -0.4 is 0 Å². The second kappa shape index (κ2) is 10.5. The maximum atomic E-state index is 10.1. The van der Waals surface area contributed by atoms with Crippen molar-refractivity contribution < 1.29 is 5.11 Å². The molecule has 1 heteroatoms. The van der Waals surface area contributed by atoms with E-state index in [4.69, 9.17) is 0 Å². The summed E-state index contributed by atoms with van der Waals surface area (Å²) in [7, 11) is 0. The monoisotopic (exact) mass is 292 g/mol. The van der Waals surface area contributed by atoms with Gasteiger partial charge < -0.3 is 5.11 Å². The number of benzene rings is 1. The minimum atomic E-state index is 0.116. The van der Waals surface area contributed by atoms with Crippen LogP contribution in [0.1, 0.15) is 72.1 Å². The van der Waals surface area contributed by atoms with Gasteiger partial charge >= 0.3 is 0 Å². The first-order valence-electron chi connectivity index (χ1n) is 8.21. The summed E-state index contributed by atoms with van der Waals surface area (Å²) in [5.74, 6) is 0.821. The molecule has 0 saturated carbocycles. The van der Waals surface area contributed by atoms with Gasteiger partial charge in [0.05, 0.1) is 0 Å². The van der Waals surface area contributed by atoms with Gasteiger partial charge in [-0.2, -0.15) is 0 Å². The van der Waals surface area contributed by atoms with E-state index in [1.807, 2.05) is 40.7 Å². The van der Waals surface area contributed by atoms with Gasteiger partial charge in [-0.3, -0.25) is 0 Å². The van der Waals surface area contributed by atoms with Gasteiger partial charge in [-0.15, -0.1) is 6.58 Å². The highest BCUT2D eigenvalue weighted by atomic mass is 16.3. The predicted molar refractivity (Wildman–Crippen MR) is 97.3 cm³/mol. The summed E-state index contributed by atoms with van der Waals surface area (Å²) in [5, 5.41) is 10.1. The van der Waals surface area contributed by atoms with Gasteiger partial charge in [0.2, 0.25) is 0 Å².